The standard InChI is InChI=1S/C14H16N2/c15-13-6-5-11(13)9-10-7-8-16-14-4-2-1-3-12(10)14/h1-4,7-8,11,13H,5-6,9,15H2. The zero-order valence-electron chi connectivity index (χ0n) is 9.26. The van der Waals surface area contributed by atoms with E-state index >= 15 is 0 Å². The summed E-state index contributed by atoms with van der Waals surface area (Å²) in [6.07, 6.45) is 5.47. The molecule has 0 saturated heterocycles. The lowest BCUT2D eigenvalue weighted by Crippen LogP contribution is -2.40. The van der Waals surface area contributed by atoms with Gasteiger partial charge in [0.25, 0.3) is 0 Å². The third-order valence-electron chi connectivity index (χ3n) is 3.70. The van der Waals surface area contributed by atoms with E-state index < -0.39 is 0 Å². The van der Waals surface area contributed by atoms with Gasteiger partial charge in [-0.05, 0) is 42.9 Å². The molecule has 0 amide bonds. The number of hydrogen-bond acceptors (Lipinski definition) is 2. The van der Waals surface area contributed by atoms with Gasteiger partial charge in [-0.25, -0.2) is 0 Å². The fourth-order valence-corrected chi connectivity index (χ4v) is 2.46. The van der Waals surface area contributed by atoms with E-state index in [9.17, 15) is 0 Å². The van der Waals surface area contributed by atoms with Crippen LogP contribution in [-0.4, -0.2) is 11.0 Å². The van der Waals surface area contributed by atoms with Crippen molar-refractivity contribution in [1.29, 1.82) is 0 Å². The number of aromatic nitrogens is 1. The lowest BCUT2D eigenvalue weighted by Gasteiger charge is -2.33. The van der Waals surface area contributed by atoms with Crippen LogP contribution in [0.25, 0.3) is 10.9 Å². The van der Waals surface area contributed by atoms with Crippen LogP contribution in [0.2, 0.25) is 0 Å². The normalized spacial score (nSPS) is 24.3. The first-order chi connectivity index (χ1) is 7.84. The molecule has 2 N–H and O–H groups in total. The van der Waals surface area contributed by atoms with E-state index in [0.717, 1.165) is 11.9 Å². The van der Waals surface area contributed by atoms with Crippen LogP contribution in [0.1, 0.15) is 18.4 Å². The van der Waals surface area contributed by atoms with Crippen molar-refractivity contribution in [2.24, 2.45) is 11.7 Å². The van der Waals surface area contributed by atoms with E-state index in [1.165, 1.54) is 23.8 Å². The quantitative estimate of drug-likeness (QED) is 0.830. The van der Waals surface area contributed by atoms with Gasteiger partial charge >= 0.3 is 0 Å². The number of hydrogen-bond donors (Lipinski definition) is 1. The molecule has 2 atom stereocenters. The van der Waals surface area contributed by atoms with Gasteiger partial charge in [-0.2, -0.15) is 0 Å². The first-order valence-electron chi connectivity index (χ1n) is 5.93. The number of nitrogens with zero attached hydrogens (tertiary/aromatic N) is 1. The first kappa shape index (κ1) is 9.79. The van der Waals surface area contributed by atoms with Crippen molar-refractivity contribution in [2.45, 2.75) is 25.3 Å². The fraction of sp³-hybridized carbons (Fsp3) is 0.357. The number of para-hydroxylation sites is 1. The Balaban J connectivity index is 1.96. The minimum absolute atomic E-state index is 0.409. The second kappa shape index (κ2) is 3.87. The predicted octanol–water partition coefficient (Wildman–Crippen LogP) is 2.51. The molecule has 82 valence electrons. The zero-order valence-corrected chi connectivity index (χ0v) is 9.26. The Hall–Kier alpha value is -1.41. The van der Waals surface area contributed by atoms with E-state index in [0.29, 0.717) is 12.0 Å². The van der Waals surface area contributed by atoms with Crippen molar-refractivity contribution < 1.29 is 0 Å². The Morgan fingerprint density at radius 3 is 2.81 bits per heavy atom. The average Bonchev–Trinajstić information content (AvgIpc) is 2.34. The first-order valence-corrected chi connectivity index (χ1v) is 5.93. The highest BCUT2D eigenvalue weighted by molar-refractivity contribution is 5.81. The van der Waals surface area contributed by atoms with Gasteiger partial charge in [0.1, 0.15) is 0 Å². The maximum absolute atomic E-state index is 6.00. The van der Waals surface area contributed by atoms with E-state index in [1.54, 1.807) is 0 Å². The summed E-state index contributed by atoms with van der Waals surface area (Å²) in [4.78, 5) is 4.38. The Morgan fingerprint density at radius 2 is 2.06 bits per heavy atom. The Bertz CT molecular complexity index is 502. The van der Waals surface area contributed by atoms with Crippen LogP contribution in [0.4, 0.5) is 0 Å². The van der Waals surface area contributed by atoms with Crippen LogP contribution in [0.3, 0.4) is 0 Å². The number of benzene rings is 1. The molecule has 0 bridgehead atoms. The van der Waals surface area contributed by atoms with Crippen molar-refractivity contribution in [3.8, 4) is 0 Å². The van der Waals surface area contributed by atoms with Gasteiger partial charge in [-0.15, -0.1) is 0 Å². The molecule has 1 aromatic carbocycles. The molecule has 1 fully saturated rings. The highest BCUT2D eigenvalue weighted by atomic mass is 14.7. The summed E-state index contributed by atoms with van der Waals surface area (Å²) in [5, 5.41) is 1.28. The molecule has 2 aromatic rings. The Labute approximate surface area is 95.5 Å². The summed E-state index contributed by atoms with van der Waals surface area (Å²) < 4.78 is 0. The fourth-order valence-electron chi connectivity index (χ4n) is 2.46. The van der Waals surface area contributed by atoms with Gasteiger partial charge < -0.3 is 5.73 Å². The maximum Gasteiger partial charge on any atom is 0.0704 e. The molecule has 0 spiro atoms. The second-order valence-corrected chi connectivity index (χ2v) is 4.69. The molecule has 1 aromatic heterocycles. The summed E-state index contributed by atoms with van der Waals surface area (Å²) in [6.45, 7) is 0. The topological polar surface area (TPSA) is 38.9 Å². The summed E-state index contributed by atoms with van der Waals surface area (Å²) >= 11 is 0. The molecule has 0 radical (unpaired) electrons. The van der Waals surface area contributed by atoms with Gasteiger partial charge in [-0.3, -0.25) is 4.98 Å². The molecule has 16 heavy (non-hydrogen) atoms. The molecule has 2 unspecified atom stereocenters. The number of rotatable bonds is 2. The van der Waals surface area contributed by atoms with Gasteiger partial charge in [-0.1, -0.05) is 18.2 Å². The van der Waals surface area contributed by atoms with Crippen LogP contribution in [0.5, 0.6) is 0 Å². The highest BCUT2D eigenvalue weighted by Crippen LogP contribution is 2.30. The molecule has 0 aliphatic heterocycles. The molecule has 3 rings (SSSR count). The molecule has 1 heterocycles. The third kappa shape index (κ3) is 1.59. The summed E-state index contributed by atoms with van der Waals surface area (Å²) in [7, 11) is 0. The third-order valence-corrected chi connectivity index (χ3v) is 3.70. The van der Waals surface area contributed by atoms with Gasteiger partial charge in [0, 0.05) is 17.6 Å². The van der Waals surface area contributed by atoms with Gasteiger partial charge in [0.2, 0.25) is 0 Å². The lowest BCUT2D eigenvalue weighted by atomic mass is 9.76. The summed E-state index contributed by atoms with van der Waals surface area (Å²) in [6, 6.07) is 10.9. The summed E-state index contributed by atoms with van der Waals surface area (Å²) in [5.41, 5.74) is 8.48. The molecule has 2 nitrogen and oxygen atoms in total. The Kier molecular flexibility index (Phi) is 2.37. The van der Waals surface area contributed by atoms with Crippen LogP contribution >= 0.6 is 0 Å². The highest BCUT2D eigenvalue weighted by Gasteiger charge is 2.27. The SMILES string of the molecule is NC1CCC1Cc1ccnc2ccccc12. The molecule has 1 aliphatic rings. The van der Waals surface area contributed by atoms with E-state index in [4.69, 9.17) is 5.73 Å². The van der Waals surface area contributed by atoms with E-state index in [2.05, 4.69) is 29.2 Å². The van der Waals surface area contributed by atoms with Crippen molar-refractivity contribution in [3.05, 3.63) is 42.1 Å². The minimum atomic E-state index is 0.409. The van der Waals surface area contributed by atoms with E-state index in [-0.39, 0.29) is 0 Å². The van der Waals surface area contributed by atoms with E-state index in [1.807, 2.05) is 12.3 Å². The monoisotopic (exact) mass is 212 g/mol. The number of fused-ring (bicyclic) bond motifs is 1. The average molecular weight is 212 g/mol. The van der Waals surface area contributed by atoms with Crippen LogP contribution < -0.4 is 5.73 Å². The van der Waals surface area contributed by atoms with Crippen LogP contribution in [0.15, 0.2) is 36.5 Å². The van der Waals surface area contributed by atoms with Gasteiger partial charge in [0.05, 0.1) is 5.52 Å². The molecule has 2 heteroatoms. The molecular formula is C14H16N2. The lowest BCUT2D eigenvalue weighted by molar-refractivity contribution is 0.256. The minimum Gasteiger partial charge on any atom is -0.327 e. The van der Waals surface area contributed by atoms with Crippen LogP contribution in [0, 0.1) is 5.92 Å². The van der Waals surface area contributed by atoms with Crippen molar-refractivity contribution in [1.82, 2.24) is 4.98 Å². The van der Waals surface area contributed by atoms with Gasteiger partial charge in [0.15, 0.2) is 0 Å². The Morgan fingerprint density at radius 1 is 1.19 bits per heavy atom. The zero-order chi connectivity index (χ0) is 11.0. The molecule has 1 aliphatic carbocycles. The second-order valence-electron chi connectivity index (χ2n) is 4.69. The summed E-state index contributed by atoms with van der Waals surface area (Å²) in [5.74, 6) is 0.672. The molecular weight excluding hydrogens is 196 g/mol. The maximum atomic E-state index is 6.00. The van der Waals surface area contributed by atoms with Crippen molar-refractivity contribution in [3.63, 3.8) is 0 Å². The predicted molar refractivity (Wildman–Crippen MR) is 66.1 cm³/mol. The van der Waals surface area contributed by atoms with Crippen LogP contribution in [-0.2, 0) is 6.42 Å². The van der Waals surface area contributed by atoms with Crippen molar-refractivity contribution >= 4 is 10.9 Å². The number of nitrogens with two attached hydrogens (primary N) is 1. The van der Waals surface area contributed by atoms with Crippen molar-refractivity contribution in [2.75, 3.05) is 0 Å². The largest absolute Gasteiger partial charge is 0.327 e. The molecule has 1 saturated carbocycles. The smallest absolute Gasteiger partial charge is 0.0704 e. The number of pyridine rings is 1.